The lowest BCUT2D eigenvalue weighted by molar-refractivity contribution is -0.297. The summed E-state index contributed by atoms with van der Waals surface area (Å²) in [4.78, 5) is 0. The average Bonchev–Trinajstić information content (AvgIpc) is 3.36. The summed E-state index contributed by atoms with van der Waals surface area (Å²) < 4.78 is 30.0. The van der Waals surface area contributed by atoms with Gasteiger partial charge in [-0.2, -0.15) is 11.3 Å². The van der Waals surface area contributed by atoms with Crippen molar-refractivity contribution in [1.82, 2.24) is 9.91 Å². The van der Waals surface area contributed by atoms with Crippen molar-refractivity contribution in [1.29, 1.82) is 5.41 Å². The van der Waals surface area contributed by atoms with Crippen LogP contribution in [0, 0.1) is 5.41 Å². The Morgan fingerprint density at radius 2 is 2.00 bits per heavy atom. The van der Waals surface area contributed by atoms with Gasteiger partial charge in [0.15, 0.2) is 0 Å². The lowest BCUT2D eigenvalue weighted by Gasteiger charge is -2.28. The summed E-state index contributed by atoms with van der Waals surface area (Å²) in [7, 11) is 1.74. The topological polar surface area (TPSA) is 64.3 Å². The van der Waals surface area contributed by atoms with Crippen molar-refractivity contribution in [2.75, 3.05) is 5.32 Å². The molecule has 4 rings (SSSR count). The van der Waals surface area contributed by atoms with Crippen LogP contribution in [0.2, 0.25) is 0 Å². The largest absolute Gasteiger partial charge is 0.364 e. The number of aromatic nitrogens is 1. The standard InChI is InChI=1S/C21H18F2N4OS/c1-26-12-18(17-4-2-3-5-20(17)26)21(28,27(22)23)15-6-7-19(14(10-15)11-24)25-16-8-9-29-13-16/h2-13,24-25,28H,1H3. The van der Waals surface area contributed by atoms with Crippen LogP contribution in [0.4, 0.5) is 20.3 Å². The molecule has 0 amide bonds. The van der Waals surface area contributed by atoms with E-state index < -0.39 is 11.1 Å². The summed E-state index contributed by atoms with van der Waals surface area (Å²) in [5.74, 6) is 0. The molecule has 148 valence electrons. The first-order valence-electron chi connectivity index (χ1n) is 8.78. The van der Waals surface area contributed by atoms with E-state index in [4.69, 9.17) is 5.41 Å². The fourth-order valence-corrected chi connectivity index (χ4v) is 4.06. The highest BCUT2D eigenvalue weighted by atomic mass is 32.1. The van der Waals surface area contributed by atoms with Crippen LogP contribution in [0.5, 0.6) is 0 Å². The van der Waals surface area contributed by atoms with Crippen LogP contribution in [0.15, 0.2) is 65.5 Å². The van der Waals surface area contributed by atoms with Crippen LogP contribution in [-0.4, -0.2) is 21.2 Å². The van der Waals surface area contributed by atoms with E-state index in [9.17, 15) is 14.1 Å². The Morgan fingerprint density at radius 3 is 2.69 bits per heavy atom. The van der Waals surface area contributed by atoms with Crippen molar-refractivity contribution >= 4 is 39.8 Å². The van der Waals surface area contributed by atoms with E-state index in [0.29, 0.717) is 16.6 Å². The third-order valence-corrected chi connectivity index (χ3v) is 5.61. The van der Waals surface area contributed by atoms with Crippen molar-refractivity contribution in [2.45, 2.75) is 5.72 Å². The number of para-hydroxylation sites is 1. The molecule has 1 unspecified atom stereocenters. The first-order valence-corrected chi connectivity index (χ1v) is 9.72. The molecule has 0 fully saturated rings. The van der Waals surface area contributed by atoms with Crippen LogP contribution < -0.4 is 5.32 Å². The highest BCUT2D eigenvalue weighted by Gasteiger charge is 2.43. The summed E-state index contributed by atoms with van der Waals surface area (Å²) in [5.41, 5.74) is -0.0951. The molecule has 1 atom stereocenters. The van der Waals surface area contributed by atoms with Gasteiger partial charge in [-0.15, -0.1) is 0 Å². The molecule has 0 saturated carbocycles. The van der Waals surface area contributed by atoms with Crippen molar-refractivity contribution < 1.29 is 14.1 Å². The van der Waals surface area contributed by atoms with Gasteiger partial charge in [0.2, 0.25) is 5.72 Å². The SMILES string of the molecule is Cn1cc(C(O)(c2ccc(Nc3ccsc3)c(C=N)c2)N(F)F)c2ccccc21. The van der Waals surface area contributed by atoms with E-state index in [1.165, 1.54) is 29.7 Å². The van der Waals surface area contributed by atoms with Crippen molar-refractivity contribution in [2.24, 2.45) is 7.05 Å². The first kappa shape index (κ1) is 19.3. The van der Waals surface area contributed by atoms with Crippen molar-refractivity contribution in [3.63, 3.8) is 0 Å². The number of hydrogen-bond acceptors (Lipinski definition) is 5. The highest BCUT2D eigenvalue weighted by molar-refractivity contribution is 7.08. The highest BCUT2D eigenvalue weighted by Crippen LogP contribution is 2.40. The lowest BCUT2D eigenvalue weighted by Crippen LogP contribution is -2.37. The number of fused-ring (bicyclic) bond motifs is 1. The lowest BCUT2D eigenvalue weighted by atomic mass is 9.93. The predicted molar refractivity (Wildman–Crippen MR) is 112 cm³/mol. The molecule has 29 heavy (non-hydrogen) atoms. The zero-order valence-electron chi connectivity index (χ0n) is 15.4. The molecule has 8 heteroatoms. The Kier molecular flexibility index (Phi) is 4.91. The quantitative estimate of drug-likeness (QED) is 0.230. The second-order valence-corrected chi connectivity index (χ2v) is 7.44. The zero-order valence-corrected chi connectivity index (χ0v) is 16.3. The molecule has 2 aromatic heterocycles. The molecule has 0 saturated heterocycles. The molecule has 0 aliphatic heterocycles. The van der Waals surface area contributed by atoms with Gasteiger partial charge < -0.3 is 20.4 Å². The van der Waals surface area contributed by atoms with E-state index in [1.807, 2.05) is 22.9 Å². The Morgan fingerprint density at radius 1 is 1.21 bits per heavy atom. The first-order chi connectivity index (χ1) is 13.9. The van der Waals surface area contributed by atoms with Crippen LogP contribution in [0.25, 0.3) is 10.9 Å². The Bertz CT molecular complexity index is 1170. The number of benzene rings is 2. The molecule has 0 aliphatic rings. The van der Waals surface area contributed by atoms with Crippen LogP contribution >= 0.6 is 11.3 Å². The Hall–Kier alpha value is -3.07. The third kappa shape index (κ3) is 3.21. The number of aliphatic hydroxyl groups is 1. The minimum Gasteiger partial charge on any atom is -0.364 e. The Labute approximate surface area is 169 Å². The number of nitrogens with one attached hydrogen (secondary N) is 2. The maximum Gasteiger partial charge on any atom is 0.232 e. The molecule has 0 spiro atoms. The maximum atomic E-state index is 14.1. The van der Waals surface area contributed by atoms with E-state index in [1.54, 1.807) is 35.9 Å². The number of hydrogen-bond donors (Lipinski definition) is 3. The third-order valence-electron chi connectivity index (χ3n) is 4.93. The van der Waals surface area contributed by atoms with Gasteiger partial charge in [0.1, 0.15) is 0 Å². The number of aryl methyl sites for hydroxylation is 1. The molecule has 2 heterocycles. The van der Waals surface area contributed by atoms with Gasteiger partial charge in [-0.05, 0) is 29.6 Å². The monoisotopic (exact) mass is 412 g/mol. The number of nitrogens with zero attached hydrogens (tertiary/aromatic N) is 2. The van der Waals surface area contributed by atoms with Gasteiger partial charge in [-0.25, -0.2) is 0 Å². The van der Waals surface area contributed by atoms with Gasteiger partial charge >= 0.3 is 0 Å². The molecule has 0 aliphatic carbocycles. The summed E-state index contributed by atoms with van der Waals surface area (Å²) in [6, 6.07) is 13.4. The fraction of sp³-hybridized carbons (Fsp3) is 0.0952. The summed E-state index contributed by atoms with van der Waals surface area (Å²) in [6.07, 6.45) is 2.57. The molecule has 3 N–H and O–H groups in total. The number of rotatable bonds is 6. The predicted octanol–water partition coefficient (Wildman–Crippen LogP) is 5.25. The summed E-state index contributed by atoms with van der Waals surface area (Å²) >= 11 is 1.52. The molecule has 5 nitrogen and oxygen atoms in total. The summed E-state index contributed by atoms with van der Waals surface area (Å²) in [6.45, 7) is 0. The smallest absolute Gasteiger partial charge is 0.232 e. The number of halogens is 2. The van der Waals surface area contributed by atoms with E-state index in [2.05, 4.69) is 5.32 Å². The Balaban J connectivity index is 1.86. The van der Waals surface area contributed by atoms with Crippen LogP contribution in [-0.2, 0) is 12.8 Å². The van der Waals surface area contributed by atoms with Gasteiger partial charge in [0, 0.05) is 63.8 Å². The van der Waals surface area contributed by atoms with Gasteiger partial charge in [0.05, 0.1) is 5.34 Å². The van der Waals surface area contributed by atoms with Crippen LogP contribution in [0.3, 0.4) is 0 Å². The van der Waals surface area contributed by atoms with Gasteiger partial charge in [-0.3, -0.25) is 0 Å². The summed E-state index contributed by atoms with van der Waals surface area (Å²) in [5, 5.41) is 25.2. The molecule has 0 bridgehead atoms. The van der Waals surface area contributed by atoms with E-state index in [-0.39, 0.29) is 11.1 Å². The van der Waals surface area contributed by atoms with Crippen molar-refractivity contribution in [3.8, 4) is 0 Å². The average molecular weight is 412 g/mol. The minimum atomic E-state index is -2.67. The molecule has 0 radical (unpaired) electrons. The molecule has 4 aromatic rings. The second-order valence-electron chi connectivity index (χ2n) is 6.66. The molecular formula is C21H18F2N4OS. The van der Waals surface area contributed by atoms with Crippen molar-refractivity contribution in [3.05, 3.63) is 82.2 Å². The molecular weight excluding hydrogens is 394 g/mol. The van der Waals surface area contributed by atoms with Gasteiger partial charge in [-0.1, -0.05) is 33.2 Å². The zero-order chi connectivity index (χ0) is 20.6. The maximum absolute atomic E-state index is 14.1. The number of anilines is 2. The van der Waals surface area contributed by atoms with Crippen LogP contribution in [0.1, 0.15) is 16.7 Å². The molecule has 2 aromatic carbocycles. The van der Waals surface area contributed by atoms with E-state index >= 15 is 0 Å². The number of thiophene rings is 1. The van der Waals surface area contributed by atoms with E-state index in [0.717, 1.165) is 17.4 Å². The normalized spacial score (nSPS) is 13.6. The second kappa shape index (κ2) is 7.40. The fourth-order valence-electron chi connectivity index (χ4n) is 3.47. The van der Waals surface area contributed by atoms with Gasteiger partial charge in [0.25, 0.3) is 0 Å². The minimum absolute atomic E-state index is 0.0341.